The molecule has 0 aromatic heterocycles. The van der Waals surface area contributed by atoms with Crippen molar-refractivity contribution in [2.75, 3.05) is 6.61 Å². The molecule has 1 atom stereocenters. The number of phenolic OH excluding ortho intramolecular Hbond substituents is 1. The van der Waals surface area contributed by atoms with Crippen molar-refractivity contribution in [1.29, 1.82) is 0 Å². The van der Waals surface area contributed by atoms with Crippen LogP contribution in [0.5, 0.6) is 5.75 Å². The molecule has 13 heavy (non-hydrogen) atoms. The van der Waals surface area contributed by atoms with Crippen LogP contribution in [-0.2, 0) is 0 Å². The van der Waals surface area contributed by atoms with Gasteiger partial charge in [-0.25, -0.2) is 4.39 Å². The van der Waals surface area contributed by atoms with Gasteiger partial charge >= 0.3 is 0 Å². The summed E-state index contributed by atoms with van der Waals surface area (Å²) >= 11 is 2.95. The number of aromatic hydroxyl groups is 1. The molecule has 3 nitrogen and oxygen atoms in total. The number of rotatable bonds is 2. The molecular weight excluding hydrogens is 241 g/mol. The second kappa shape index (κ2) is 4.04. The van der Waals surface area contributed by atoms with Crippen molar-refractivity contribution >= 4 is 15.9 Å². The van der Waals surface area contributed by atoms with Gasteiger partial charge in [-0.3, -0.25) is 0 Å². The Morgan fingerprint density at radius 2 is 2.15 bits per heavy atom. The van der Waals surface area contributed by atoms with Crippen molar-refractivity contribution in [3.05, 3.63) is 28.0 Å². The molecule has 0 amide bonds. The zero-order valence-corrected chi connectivity index (χ0v) is 8.25. The van der Waals surface area contributed by atoms with E-state index in [-0.39, 0.29) is 16.8 Å². The van der Waals surface area contributed by atoms with Gasteiger partial charge in [0, 0.05) is 11.6 Å². The van der Waals surface area contributed by atoms with Crippen molar-refractivity contribution in [2.45, 2.75) is 6.04 Å². The largest absolute Gasteiger partial charge is 0.507 e. The lowest BCUT2D eigenvalue weighted by atomic mass is 10.1. The molecule has 1 rings (SSSR count). The quantitative estimate of drug-likeness (QED) is 0.740. The first-order valence-electron chi connectivity index (χ1n) is 3.60. The number of aliphatic hydroxyl groups excluding tert-OH is 1. The van der Waals surface area contributed by atoms with Crippen LogP contribution >= 0.6 is 15.9 Å². The molecule has 0 spiro atoms. The molecule has 0 aliphatic carbocycles. The molecule has 4 N–H and O–H groups in total. The minimum absolute atomic E-state index is 0.212. The number of hydrogen-bond acceptors (Lipinski definition) is 3. The van der Waals surface area contributed by atoms with E-state index in [4.69, 9.17) is 10.8 Å². The lowest BCUT2D eigenvalue weighted by Gasteiger charge is -2.11. The van der Waals surface area contributed by atoms with Crippen molar-refractivity contribution in [3.8, 4) is 5.75 Å². The second-order valence-corrected chi connectivity index (χ2v) is 3.47. The van der Waals surface area contributed by atoms with Crippen LogP contribution in [0.25, 0.3) is 0 Å². The number of halogens is 2. The zero-order chi connectivity index (χ0) is 10.0. The number of phenols is 1. The summed E-state index contributed by atoms with van der Waals surface area (Å²) < 4.78 is 13.0. The molecule has 0 aliphatic heterocycles. The average molecular weight is 250 g/mol. The third-order valence-electron chi connectivity index (χ3n) is 1.67. The molecule has 1 aromatic rings. The van der Waals surface area contributed by atoms with Gasteiger partial charge in [0.2, 0.25) is 0 Å². The molecule has 72 valence electrons. The van der Waals surface area contributed by atoms with E-state index in [9.17, 15) is 9.50 Å². The highest BCUT2D eigenvalue weighted by molar-refractivity contribution is 9.10. The van der Waals surface area contributed by atoms with Crippen molar-refractivity contribution in [2.24, 2.45) is 5.73 Å². The minimum Gasteiger partial charge on any atom is -0.507 e. The molecule has 5 heteroatoms. The van der Waals surface area contributed by atoms with E-state index in [1.54, 1.807) is 0 Å². The Labute approximate surface area is 83.1 Å². The molecule has 0 saturated carbocycles. The summed E-state index contributed by atoms with van der Waals surface area (Å²) in [4.78, 5) is 0. The van der Waals surface area contributed by atoms with E-state index in [0.29, 0.717) is 5.56 Å². The van der Waals surface area contributed by atoms with E-state index < -0.39 is 11.9 Å². The fourth-order valence-corrected chi connectivity index (χ4v) is 1.31. The number of nitrogens with two attached hydrogens (primary N) is 1. The van der Waals surface area contributed by atoms with E-state index in [1.807, 2.05) is 0 Å². The van der Waals surface area contributed by atoms with Crippen LogP contribution in [-0.4, -0.2) is 16.8 Å². The number of aliphatic hydroxyl groups is 1. The van der Waals surface area contributed by atoms with Gasteiger partial charge in [0.05, 0.1) is 17.1 Å². The molecular formula is C8H9BrFNO2. The fourth-order valence-electron chi connectivity index (χ4n) is 0.947. The topological polar surface area (TPSA) is 66.5 Å². The Balaban J connectivity index is 3.15. The van der Waals surface area contributed by atoms with Crippen molar-refractivity contribution in [1.82, 2.24) is 0 Å². The van der Waals surface area contributed by atoms with E-state index in [2.05, 4.69) is 15.9 Å². The first-order valence-corrected chi connectivity index (χ1v) is 4.40. The molecule has 0 radical (unpaired) electrons. The van der Waals surface area contributed by atoms with Gasteiger partial charge in [0.1, 0.15) is 11.6 Å². The van der Waals surface area contributed by atoms with Crippen LogP contribution in [0.15, 0.2) is 16.6 Å². The molecule has 0 bridgehead atoms. The molecule has 1 aromatic carbocycles. The minimum atomic E-state index is -0.697. The predicted molar refractivity (Wildman–Crippen MR) is 49.8 cm³/mol. The number of hydrogen-bond donors (Lipinski definition) is 3. The Morgan fingerprint density at radius 1 is 1.54 bits per heavy atom. The third-order valence-corrected chi connectivity index (χ3v) is 2.27. The van der Waals surface area contributed by atoms with Gasteiger partial charge in [0.15, 0.2) is 0 Å². The Hall–Kier alpha value is -0.650. The Morgan fingerprint density at radius 3 is 2.69 bits per heavy atom. The van der Waals surface area contributed by atoms with Gasteiger partial charge in [-0.2, -0.15) is 0 Å². The normalized spacial score (nSPS) is 12.9. The highest BCUT2D eigenvalue weighted by Crippen LogP contribution is 2.28. The van der Waals surface area contributed by atoms with Crippen LogP contribution < -0.4 is 5.73 Å². The number of benzene rings is 1. The third kappa shape index (κ3) is 2.18. The summed E-state index contributed by atoms with van der Waals surface area (Å²) in [6, 6.07) is 1.61. The lowest BCUT2D eigenvalue weighted by Crippen LogP contribution is -2.14. The van der Waals surface area contributed by atoms with Crippen LogP contribution in [0.3, 0.4) is 0 Å². The fraction of sp³-hybridized carbons (Fsp3) is 0.250. The van der Waals surface area contributed by atoms with Crippen LogP contribution in [0.2, 0.25) is 0 Å². The van der Waals surface area contributed by atoms with Crippen LogP contribution in [0.1, 0.15) is 11.6 Å². The molecule has 0 fully saturated rings. The van der Waals surface area contributed by atoms with Gasteiger partial charge in [0.25, 0.3) is 0 Å². The first-order chi connectivity index (χ1) is 6.06. The molecule has 0 saturated heterocycles. The molecule has 0 aliphatic rings. The summed E-state index contributed by atoms with van der Waals surface area (Å²) in [5.74, 6) is -0.811. The van der Waals surface area contributed by atoms with Gasteiger partial charge in [-0.15, -0.1) is 0 Å². The van der Waals surface area contributed by atoms with Crippen LogP contribution in [0, 0.1) is 5.82 Å². The standard InChI is InChI=1S/C8H9BrFNO2/c9-5-1-4(7(11)3-12)8(13)2-6(5)10/h1-2,7,12-13H,3,11H2/t7-/m0/s1. The smallest absolute Gasteiger partial charge is 0.141 e. The summed E-state index contributed by atoms with van der Waals surface area (Å²) in [7, 11) is 0. The van der Waals surface area contributed by atoms with Gasteiger partial charge < -0.3 is 15.9 Å². The maximum atomic E-state index is 12.8. The van der Waals surface area contributed by atoms with E-state index in [1.165, 1.54) is 6.07 Å². The SMILES string of the molecule is N[C@@H](CO)c1cc(Br)c(F)cc1O. The lowest BCUT2D eigenvalue weighted by molar-refractivity contribution is 0.265. The maximum absolute atomic E-state index is 12.8. The van der Waals surface area contributed by atoms with Crippen molar-refractivity contribution in [3.63, 3.8) is 0 Å². The Bertz CT molecular complexity index is 319. The first kappa shape index (κ1) is 10.4. The maximum Gasteiger partial charge on any atom is 0.141 e. The monoisotopic (exact) mass is 249 g/mol. The van der Waals surface area contributed by atoms with E-state index in [0.717, 1.165) is 6.07 Å². The summed E-state index contributed by atoms with van der Waals surface area (Å²) in [6.45, 7) is -0.300. The van der Waals surface area contributed by atoms with Crippen molar-refractivity contribution < 1.29 is 14.6 Å². The van der Waals surface area contributed by atoms with Gasteiger partial charge in [-0.1, -0.05) is 0 Å². The highest BCUT2D eigenvalue weighted by atomic mass is 79.9. The molecule has 0 heterocycles. The summed E-state index contributed by atoms with van der Waals surface area (Å²) in [5.41, 5.74) is 5.78. The van der Waals surface area contributed by atoms with E-state index >= 15 is 0 Å². The average Bonchev–Trinajstić information content (AvgIpc) is 2.10. The zero-order valence-electron chi connectivity index (χ0n) is 6.67. The second-order valence-electron chi connectivity index (χ2n) is 2.61. The van der Waals surface area contributed by atoms with Crippen LogP contribution in [0.4, 0.5) is 4.39 Å². The summed E-state index contributed by atoms with van der Waals surface area (Å²) in [5, 5.41) is 18.0. The molecule has 0 unspecified atom stereocenters. The van der Waals surface area contributed by atoms with Gasteiger partial charge in [-0.05, 0) is 22.0 Å². The predicted octanol–water partition coefficient (Wildman–Crippen LogP) is 1.29. The highest BCUT2D eigenvalue weighted by Gasteiger charge is 2.12. The Kier molecular flexibility index (Phi) is 3.24. The summed E-state index contributed by atoms with van der Waals surface area (Å²) in [6.07, 6.45) is 0.